The first-order valence-corrected chi connectivity index (χ1v) is 6.23. The zero-order chi connectivity index (χ0) is 11.5. The fourth-order valence-electron chi connectivity index (χ4n) is 2.80. The van der Waals surface area contributed by atoms with Crippen molar-refractivity contribution in [3.8, 4) is 0 Å². The molecule has 2 N–H and O–H groups in total. The Bertz CT molecular complexity index is 323. The first kappa shape index (κ1) is 11.6. The fraction of sp³-hybridized carbons (Fsp3) is 0.571. The zero-order valence-electron chi connectivity index (χ0n) is 10.3. The maximum absolute atomic E-state index is 5.77. The zero-order valence-corrected chi connectivity index (χ0v) is 10.3. The Morgan fingerprint density at radius 2 is 2.06 bits per heavy atom. The lowest BCUT2D eigenvalue weighted by Gasteiger charge is -2.29. The Kier molecular flexibility index (Phi) is 3.62. The first-order valence-electron chi connectivity index (χ1n) is 6.23. The molecule has 0 bridgehead atoms. The van der Waals surface area contributed by atoms with Crippen LogP contribution in [-0.2, 0) is 0 Å². The van der Waals surface area contributed by atoms with E-state index in [9.17, 15) is 0 Å². The Balaban J connectivity index is 2.08. The Hall–Kier alpha value is -0.860. The average molecular weight is 218 g/mol. The highest BCUT2D eigenvalue weighted by atomic mass is 15.2. The standard InChI is InChI=1S/C14H22N2/c1-11-8-13(9-15)10-16(11)12(2)14-6-4-3-5-7-14/h3-7,11-13H,8-10,15H2,1-2H3. The Morgan fingerprint density at radius 1 is 1.38 bits per heavy atom. The van der Waals surface area contributed by atoms with Gasteiger partial charge in [0.1, 0.15) is 0 Å². The minimum absolute atomic E-state index is 0.507. The van der Waals surface area contributed by atoms with E-state index in [1.165, 1.54) is 12.0 Å². The molecule has 1 saturated heterocycles. The van der Waals surface area contributed by atoms with Crippen LogP contribution in [0.3, 0.4) is 0 Å². The summed E-state index contributed by atoms with van der Waals surface area (Å²) in [6.07, 6.45) is 1.24. The van der Waals surface area contributed by atoms with Crippen molar-refractivity contribution < 1.29 is 0 Å². The first-order chi connectivity index (χ1) is 7.72. The van der Waals surface area contributed by atoms with Crippen LogP contribution < -0.4 is 5.73 Å². The second-order valence-electron chi connectivity index (χ2n) is 4.97. The number of nitrogens with zero attached hydrogens (tertiary/aromatic N) is 1. The van der Waals surface area contributed by atoms with Crippen molar-refractivity contribution >= 4 is 0 Å². The summed E-state index contributed by atoms with van der Waals surface area (Å²) in [5.41, 5.74) is 7.18. The van der Waals surface area contributed by atoms with E-state index in [4.69, 9.17) is 5.73 Å². The van der Waals surface area contributed by atoms with Gasteiger partial charge in [-0.2, -0.15) is 0 Å². The number of hydrogen-bond donors (Lipinski definition) is 1. The molecule has 88 valence electrons. The second-order valence-corrected chi connectivity index (χ2v) is 4.97. The minimum atomic E-state index is 0.507. The quantitative estimate of drug-likeness (QED) is 0.844. The van der Waals surface area contributed by atoms with Gasteiger partial charge < -0.3 is 5.73 Å². The van der Waals surface area contributed by atoms with Crippen LogP contribution >= 0.6 is 0 Å². The molecule has 0 radical (unpaired) electrons. The van der Waals surface area contributed by atoms with Gasteiger partial charge in [0.05, 0.1) is 0 Å². The highest BCUT2D eigenvalue weighted by molar-refractivity contribution is 5.18. The molecule has 2 heteroatoms. The molecular weight excluding hydrogens is 196 g/mol. The van der Waals surface area contributed by atoms with Gasteiger partial charge in [0.25, 0.3) is 0 Å². The van der Waals surface area contributed by atoms with E-state index in [1.807, 2.05) is 0 Å². The Labute approximate surface area is 98.4 Å². The van der Waals surface area contributed by atoms with Crippen molar-refractivity contribution in [2.24, 2.45) is 11.7 Å². The summed E-state index contributed by atoms with van der Waals surface area (Å²) in [6, 6.07) is 11.9. The van der Waals surface area contributed by atoms with Crippen LogP contribution in [0.1, 0.15) is 31.9 Å². The number of rotatable bonds is 3. The predicted octanol–water partition coefficient (Wildman–Crippen LogP) is 2.42. The van der Waals surface area contributed by atoms with Crippen molar-refractivity contribution in [1.82, 2.24) is 4.90 Å². The molecule has 0 saturated carbocycles. The summed E-state index contributed by atoms with van der Waals surface area (Å²) in [5.74, 6) is 0.682. The lowest BCUT2D eigenvalue weighted by Crippen LogP contribution is -2.30. The molecule has 1 aromatic carbocycles. The van der Waals surface area contributed by atoms with Crippen LogP contribution in [0.5, 0.6) is 0 Å². The van der Waals surface area contributed by atoms with Crippen LogP contribution in [-0.4, -0.2) is 24.0 Å². The molecule has 1 aliphatic heterocycles. The van der Waals surface area contributed by atoms with Gasteiger partial charge in [-0.25, -0.2) is 0 Å². The summed E-state index contributed by atoms with van der Waals surface area (Å²) in [6.45, 7) is 6.58. The van der Waals surface area contributed by atoms with Gasteiger partial charge in [-0.15, -0.1) is 0 Å². The van der Waals surface area contributed by atoms with Crippen molar-refractivity contribution in [3.05, 3.63) is 35.9 Å². The van der Waals surface area contributed by atoms with Crippen molar-refractivity contribution in [2.75, 3.05) is 13.1 Å². The molecule has 1 fully saturated rings. The summed E-state index contributed by atoms with van der Waals surface area (Å²) in [7, 11) is 0. The SMILES string of the molecule is CC1CC(CN)CN1C(C)c1ccccc1. The number of hydrogen-bond acceptors (Lipinski definition) is 2. The normalized spacial score (nSPS) is 28.2. The van der Waals surface area contributed by atoms with E-state index in [2.05, 4.69) is 49.1 Å². The molecule has 0 aromatic heterocycles. The van der Waals surface area contributed by atoms with E-state index in [0.717, 1.165) is 13.1 Å². The molecule has 2 rings (SSSR count). The lowest BCUT2D eigenvalue weighted by molar-refractivity contribution is 0.200. The third-order valence-corrected chi connectivity index (χ3v) is 3.82. The van der Waals surface area contributed by atoms with Crippen LogP contribution in [0.4, 0.5) is 0 Å². The van der Waals surface area contributed by atoms with Crippen LogP contribution in [0.2, 0.25) is 0 Å². The van der Waals surface area contributed by atoms with Gasteiger partial charge in [0, 0.05) is 18.6 Å². The fourth-order valence-corrected chi connectivity index (χ4v) is 2.80. The van der Waals surface area contributed by atoms with Crippen molar-refractivity contribution in [1.29, 1.82) is 0 Å². The van der Waals surface area contributed by atoms with Crippen LogP contribution in [0.15, 0.2) is 30.3 Å². The van der Waals surface area contributed by atoms with Gasteiger partial charge in [0.2, 0.25) is 0 Å². The number of likely N-dealkylation sites (tertiary alicyclic amines) is 1. The van der Waals surface area contributed by atoms with E-state index in [1.54, 1.807) is 0 Å². The van der Waals surface area contributed by atoms with Crippen molar-refractivity contribution in [3.63, 3.8) is 0 Å². The maximum Gasteiger partial charge on any atom is 0.0322 e. The van der Waals surface area contributed by atoms with Crippen molar-refractivity contribution in [2.45, 2.75) is 32.4 Å². The summed E-state index contributed by atoms with van der Waals surface area (Å²) >= 11 is 0. The average Bonchev–Trinajstić information content (AvgIpc) is 2.71. The summed E-state index contributed by atoms with van der Waals surface area (Å²) in [5, 5.41) is 0. The van der Waals surface area contributed by atoms with E-state index in [0.29, 0.717) is 18.0 Å². The molecule has 0 spiro atoms. The molecule has 1 aliphatic rings. The summed E-state index contributed by atoms with van der Waals surface area (Å²) in [4.78, 5) is 2.58. The lowest BCUT2D eigenvalue weighted by atomic mass is 10.1. The smallest absolute Gasteiger partial charge is 0.0322 e. The monoisotopic (exact) mass is 218 g/mol. The maximum atomic E-state index is 5.77. The molecule has 2 nitrogen and oxygen atoms in total. The highest BCUT2D eigenvalue weighted by Crippen LogP contribution is 2.31. The molecule has 3 unspecified atom stereocenters. The molecule has 3 atom stereocenters. The number of nitrogens with two attached hydrogens (primary N) is 1. The van der Waals surface area contributed by atoms with E-state index in [-0.39, 0.29) is 0 Å². The highest BCUT2D eigenvalue weighted by Gasteiger charge is 2.31. The molecule has 0 aliphatic carbocycles. The van der Waals surface area contributed by atoms with Gasteiger partial charge in [-0.1, -0.05) is 30.3 Å². The third-order valence-electron chi connectivity index (χ3n) is 3.82. The molecule has 1 aromatic rings. The number of benzene rings is 1. The van der Waals surface area contributed by atoms with Gasteiger partial charge in [0.15, 0.2) is 0 Å². The molecule has 16 heavy (non-hydrogen) atoms. The molecule has 1 heterocycles. The molecular formula is C14H22N2. The summed E-state index contributed by atoms with van der Waals surface area (Å²) < 4.78 is 0. The van der Waals surface area contributed by atoms with Gasteiger partial charge >= 0.3 is 0 Å². The van der Waals surface area contributed by atoms with E-state index < -0.39 is 0 Å². The Morgan fingerprint density at radius 3 is 2.62 bits per heavy atom. The van der Waals surface area contributed by atoms with E-state index >= 15 is 0 Å². The largest absolute Gasteiger partial charge is 0.330 e. The second kappa shape index (κ2) is 4.98. The van der Waals surface area contributed by atoms with Gasteiger partial charge in [-0.05, 0) is 38.3 Å². The molecule has 0 amide bonds. The van der Waals surface area contributed by atoms with Crippen LogP contribution in [0.25, 0.3) is 0 Å². The van der Waals surface area contributed by atoms with Gasteiger partial charge in [-0.3, -0.25) is 4.90 Å². The minimum Gasteiger partial charge on any atom is -0.330 e. The topological polar surface area (TPSA) is 29.3 Å². The predicted molar refractivity (Wildman–Crippen MR) is 68.2 cm³/mol. The van der Waals surface area contributed by atoms with Crippen LogP contribution in [0, 0.1) is 5.92 Å². The third kappa shape index (κ3) is 2.28.